The molecule has 1 aromatic heterocycles. The van der Waals surface area contributed by atoms with Gasteiger partial charge < -0.3 is 15.2 Å². The van der Waals surface area contributed by atoms with Crippen LogP contribution in [0, 0.1) is 11.6 Å². The van der Waals surface area contributed by atoms with Crippen LogP contribution in [0.4, 0.5) is 8.78 Å². The van der Waals surface area contributed by atoms with E-state index in [0.717, 1.165) is 43.3 Å². The number of benzene rings is 1. The molecular formula is C20H26F2N4O3. The Bertz CT molecular complexity index is 830. The first kappa shape index (κ1) is 21.4. The number of aromatic nitrogens is 2. The van der Waals surface area contributed by atoms with Crippen molar-refractivity contribution in [3.8, 4) is 0 Å². The Morgan fingerprint density at radius 3 is 3.10 bits per heavy atom. The number of nitrogens with zero attached hydrogens (tertiary/aromatic N) is 2. The lowest BCUT2D eigenvalue weighted by Crippen LogP contribution is -2.38. The molecule has 158 valence electrons. The molecule has 2 aromatic rings. The fourth-order valence-corrected chi connectivity index (χ4v) is 3.72. The lowest BCUT2D eigenvalue weighted by Gasteiger charge is -2.33. The minimum atomic E-state index is -1.14. The van der Waals surface area contributed by atoms with E-state index in [1.54, 1.807) is 7.11 Å². The van der Waals surface area contributed by atoms with E-state index in [9.17, 15) is 18.7 Å². The maximum absolute atomic E-state index is 13.9. The molecule has 3 N–H and O–H groups in total. The highest BCUT2D eigenvalue weighted by Crippen LogP contribution is 2.29. The molecule has 7 nitrogen and oxygen atoms in total. The Kier molecular flexibility index (Phi) is 7.29. The number of carbonyl (C=O) groups is 1. The van der Waals surface area contributed by atoms with Crippen molar-refractivity contribution < 1.29 is 23.4 Å². The van der Waals surface area contributed by atoms with Crippen LogP contribution in [0.1, 0.15) is 46.5 Å². The SMILES string of the molecule is COCCNC(=O)c1cn[nH]c1C1CCCN(CC(O)c2cc(F)ccc2F)C1. The molecule has 9 heteroatoms. The first-order valence-electron chi connectivity index (χ1n) is 9.65. The van der Waals surface area contributed by atoms with E-state index in [0.29, 0.717) is 25.3 Å². The summed E-state index contributed by atoms with van der Waals surface area (Å²) < 4.78 is 32.3. The smallest absolute Gasteiger partial charge is 0.254 e. The number of carbonyl (C=O) groups excluding carboxylic acids is 1. The number of hydrogen-bond acceptors (Lipinski definition) is 5. The fourth-order valence-electron chi connectivity index (χ4n) is 3.72. The zero-order valence-corrected chi connectivity index (χ0v) is 16.3. The van der Waals surface area contributed by atoms with Crippen molar-refractivity contribution in [1.82, 2.24) is 20.4 Å². The van der Waals surface area contributed by atoms with Crippen molar-refractivity contribution in [2.45, 2.75) is 24.9 Å². The summed E-state index contributed by atoms with van der Waals surface area (Å²) in [7, 11) is 1.57. The predicted octanol–water partition coefficient (Wildman–Crippen LogP) is 1.98. The second-order valence-electron chi connectivity index (χ2n) is 7.23. The van der Waals surface area contributed by atoms with E-state index >= 15 is 0 Å². The minimum absolute atomic E-state index is 0.0268. The molecule has 2 heterocycles. The van der Waals surface area contributed by atoms with Gasteiger partial charge in [0, 0.05) is 38.2 Å². The number of aromatic amines is 1. The molecule has 29 heavy (non-hydrogen) atoms. The molecule has 0 spiro atoms. The number of piperidine rings is 1. The topological polar surface area (TPSA) is 90.5 Å². The van der Waals surface area contributed by atoms with Crippen LogP contribution in [0.2, 0.25) is 0 Å². The average molecular weight is 408 g/mol. The summed E-state index contributed by atoms with van der Waals surface area (Å²) in [6, 6.07) is 3.07. The van der Waals surface area contributed by atoms with E-state index in [4.69, 9.17) is 4.74 Å². The van der Waals surface area contributed by atoms with Crippen LogP contribution >= 0.6 is 0 Å². The zero-order valence-electron chi connectivity index (χ0n) is 16.3. The molecule has 1 saturated heterocycles. The second-order valence-corrected chi connectivity index (χ2v) is 7.23. The lowest BCUT2D eigenvalue weighted by molar-refractivity contribution is 0.0900. The number of amides is 1. The minimum Gasteiger partial charge on any atom is -0.387 e. The Labute approximate surface area is 168 Å². The van der Waals surface area contributed by atoms with Crippen molar-refractivity contribution in [3.05, 3.63) is 52.9 Å². The molecular weight excluding hydrogens is 382 g/mol. The highest BCUT2D eigenvalue weighted by atomic mass is 19.1. The number of ether oxygens (including phenoxy) is 1. The third-order valence-electron chi connectivity index (χ3n) is 5.17. The van der Waals surface area contributed by atoms with Gasteiger partial charge in [0.05, 0.1) is 30.2 Å². The Hall–Kier alpha value is -2.36. The normalized spacial score (nSPS) is 18.6. The number of rotatable bonds is 8. The van der Waals surface area contributed by atoms with Crippen LogP contribution in [-0.4, -0.2) is 66.0 Å². The van der Waals surface area contributed by atoms with Crippen LogP contribution in [0.15, 0.2) is 24.4 Å². The van der Waals surface area contributed by atoms with Crippen LogP contribution in [0.25, 0.3) is 0 Å². The van der Waals surface area contributed by atoms with Crippen LogP contribution in [0.3, 0.4) is 0 Å². The number of halogens is 2. The maximum Gasteiger partial charge on any atom is 0.254 e. The van der Waals surface area contributed by atoms with Gasteiger partial charge in [-0.15, -0.1) is 0 Å². The highest BCUT2D eigenvalue weighted by molar-refractivity contribution is 5.95. The van der Waals surface area contributed by atoms with Crippen LogP contribution < -0.4 is 5.32 Å². The zero-order chi connectivity index (χ0) is 20.8. The number of β-amino-alcohol motifs (C(OH)–C–C–N with tert-alkyl or cyclic N) is 1. The average Bonchev–Trinajstić information content (AvgIpc) is 3.20. The summed E-state index contributed by atoms with van der Waals surface area (Å²) in [6.45, 7) is 2.32. The van der Waals surface area contributed by atoms with Gasteiger partial charge in [0.25, 0.3) is 5.91 Å². The maximum atomic E-state index is 13.9. The molecule has 0 saturated carbocycles. The van der Waals surface area contributed by atoms with Gasteiger partial charge in [-0.2, -0.15) is 5.10 Å². The van der Waals surface area contributed by atoms with E-state index in [1.165, 1.54) is 6.20 Å². The van der Waals surface area contributed by atoms with Crippen molar-refractivity contribution in [1.29, 1.82) is 0 Å². The molecule has 3 rings (SSSR count). The summed E-state index contributed by atoms with van der Waals surface area (Å²) in [6.07, 6.45) is 2.09. The molecule has 1 fully saturated rings. The largest absolute Gasteiger partial charge is 0.387 e. The molecule has 1 aliphatic rings. The molecule has 0 aliphatic carbocycles. The van der Waals surface area contributed by atoms with Gasteiger partial charge in [-0.1, -0.05) is 0 Å². The Morgan fingerprint density at radius 2 is 2.31 bits per heavy atom. The van der Waals surface area contributed by atoms with Crippen molar-refractivity contribution in [2.75, 3.05) is 39.9 Å². The fraction of sp³-hybridized carbons (Fsp3) is 0.500. The van der Waals surface area contributed by atoms with Gasteiger partial charge in [-0.3, -0.25) is 14.8 Å². The molecule has 2 unspecified atom stereocenters. The molecule has 0 radical (unpaired) electrons. The molecule has 2 atom stereocenters. The first-order valence-corrected chi connectivity index (χ1v) is 9.65. The third-order valence-corrected chi connectivity index (χ3v) is 5.17. The van der Waals surface area contributed by atoms with Crippen molar-refractivity contribution in [2.24, 2.45) is 0 Å². The van der Waals surface area contributed by atoms with E-state index in [1.807, 2.05) is 4.90 Å². The Morgan fingerprint density at radius 1 is 1.48 bits per heavy atom. The number of aliphatic hydroxyl groups is 1. The first-order chi connectivity index (χ1) is 14.0. The van der Waals surface area contributed by atoms with Gasteiger partial charge in [-0.25, -0.2) is 8.78 Å². The third kappa shape index (κ3) is 5.37. The summed E-state index contributed by atoms with van der Waals surface area (Å²) in [5.74, 6) is -1.40. The van der Waals surface area contributed by atoms with Gasteiger partial charge in [0.2, 0.25) is 0 Å². The number of methoxy groups -OCH3 is 1. The van der Waals surface area contributed by atoms with Gasteiger partial charge in [-0.05, 0) is 37.6 Å². The standard InChI is InChI=1S/C20H26F2N4O3/c1-29-8-6-23-20(28)16-10-24-25-19(16)13-3-2-7-26(11-13)12-18(27)15-9-14(21)4-5-17(15)22/h4-5,9-10,13,18,27H,2-3,6-8,11-12H2,1H3,(H,23,28)(H,24,25). The summed E-state index contributed by atoms with van der Waals surface area (Å²) in [5.41, 5.74) is 1.19. The van der Waals surface area contributed by atoms with Crippen molar-refractivity contribution in [3.63, 3.8) is 0 Å². The Balaban J connectivity index is 1.65. The number of nitrogens with one attached hydrogen (secondary N) is 2. The number of H-pyrrole nitrogens is 1. The molecule has 1 aromatic carbocycles. The summed E-state index contributed by atoms with van der Waals surface area (Å²) in [4.78, 5) is 14.4. The number of hydrogen-bond donors (Lipinski definition) is 3. The lowest BCUT2D eigenvalue weighted by atomic mass is 9.92. The monoisotopic (exact) mass is 408 g/mol. The molecule has 1 aliphatic heterocycles. The second kappa shape index (κ2) is 9.91. The summed E-state index contributed by atoms with van der Waals surface area (Å²) >= 11 is 0. The molecule has 1 amide bonds. The van der Waals surface area contributed by atoms with Crippen molar-refractivity contribution >= 4 is 5.91 Å². The number of likely N-dealkylation sites (tertiary alicyclic amines) is 1. The van der Waals surface area contributed by atoms with E-state index in [2.05, 4.69) is 15.5 Å². The van der Waals surface area contributed by atoms with Crippen LogP contribution in [0.5, 0.6) is 0 Å². The van der Waals surface area contributed by atoms with E-state index < -0.39 is 17.7 Å². The highest BCUT2D eigenvalue weighted by Gasteiger charge is 2.28. The van der Waals surface area contributed by atoms with Crippen LogP contribution in [-0.2, 0) is 4.74 Å². The number of aliphatic hydroxyl groups excluding tert-OH is 1. The molecule has 0 bridgehead atoms. The quantitative estimate of drug-likeness (QED) is 0.581. The van der Waals surface area contributed by atoms with Gasteiger partial charge in [0.1, 0.15) is 11.6 Å². The van der Waals surface area contributed by atoms with Gasteiger partial charge in [0.15, 0.2) is 0 Å². The van der Waals surface area contributed by atoms with E-state index in [-0.39, 0.29) is 23.9 Å². The van der Waals surface area contributed by atoms with Gasteiger partial charge >= 0.3 is 0 Å². The summed E-state index contributed by atoms with van der Waals surface area (Å²) in [5, 5.41) is 20.2. The predicted molar refractivity (Wildman–Crippen MR) is 103 cm³/mol.